The number of ether oxygens (including phenoxy) is 2. The molecule has 0 fully saturated rings. The average molecular weight is 314 g/mol. The van der Waals surface area contributed by atoms with Crippen molar-refractivity contribution in [2.24, 2.45) is 5.73 Å². The van der Waals surface area contributed by atoms with Gasteiger partial charge in [-0.25, -0.2) is 0 Å². The van der Waals surface area contributed by atoms with E-state index in [2.05, 4.69) is 6.92 Å². The Morgan fingerprint density at radius 1 is 1.05 bits per heavy atom. The van der Waals surface area contributed by atoms with Crippen LogP contribution in [0.25, 0.3) is 0 Å². The summed E-state index contributed by atoms with van der Waals surface area (Å²) in [6, 6.07) is 3.93. The van der Waals surface area contributed by atoms with Crippen molar-refractivity contribution in [3.05, 3.63) is 22.7 Å². The fourth-order valence-electron chi connectivity index (χ4n) is 2.58. The fourth-order valence-corrected chi connectivity index (χ4v) is 2.81. The predicted molar refractivity (Wildman–Crippen MR) is 89.7 cm³/mol. The number of halogens is 1. The summed E-state index contributed by atoms with van der Waals surface area (Å²) in [7, 11) is 0. The minimum Gasteiger partial charge on any atom is -0.493 e. The summed E-state index contributed by atoms with van der Waals surface area (Å²) in [5.74, 6) is 2.02. The molecule has 2 N–H and O–H groups in total. The Labute approximate surface area is 133 Å². The Balaban J connectivity index is 3.13. The maximum absolute atomic E-state index is 6.35. The van der Waals surface area contributed by atoms with Crippen LogP contribution >= 0.6 is 11.6 Å². The van der Waals surface area contributed by atoms with Gasteiger partial charge in [0.1, 0.15) is 11.5 Å². The minimum absolute atomic E-state index is 0.438. The second-order valence-electron chi connectivity index (χ2n) is 5.10. The van der Waals surface area contributed by atoms with Crippen molar-refractivity contribution in [3.63, 3.8) is 0 Å². The van der Waals surface area contributed by atoms with Crippen LogP contribution in [0.4, 0.5) is 0 Å². The van der Waals surface area contributed by atoms with Gasteiger partial charge in [-0.2, -0.15) is 0 Å². The molecule has 0 saturated carbocycles. The Kier molecular flexibility index (Phi) is 8.55. The number of nitrogens with two attached hydrogens (primary N) is 1. The van der Waals surface area contributed by atoms with Gasteiger partial charge in [-0.05, 0) is 57.2 Å². The molecule has 120 valence electrons. The van der Waals surface area contributed by atoms with Gasteiger partial charge in [-0.15, -0.1) is 0 Å². The van der Waals surface area contributed by atoms with Crippen LogP contribution in [0.5, 0.6) is 11.5 Å². The van der Waals surface area contributed by atoms with Crippen molar-refractivity contribution in [3.8, 4) is 11.5 Å². The zero-order valence-corrected chi connectivity index (χ0v) is 14.2. The van der Waals surface area contributed by atoms with Gasteiger partial charge in [-0.3, -0.25) is 0 Å². The van der Waals surface area contributed by atoms with Crippen LogP contribution in [0.2, 0.25) is 5.02 Å². The maximum atomic E-state index is 6.35. The maximum Gasteiger partial charge on any atom is 0.141 e. The third kappa shape index (κ3) is 5.40. The largest absolute Gasteiger partial charge is 0.493 e. The Hall–Kier alpha value is -0.930. The molecule has 0 spiro atoms. The van der Waals surface area contributed by atoms with E-state index in [0.717, 1.165) is 38.0 Å². The number of hydrogen-bond donors (Lipinski definition) is 1. The van der Waals surface area contributed by atoms with E-state index < -0.39 is 0 Å². The predicted octanol–water partition coefficient (Wildman–Crippen LogP) is 4.76. The van der Waals surface area contributed by atoms with Gasteiger partial charge in [-0.1, -0.05) is 24.9 Å². The molecule has 1 aromatic carbocycles. The zero-order chi connectivity index (χ0) is 15.7. The lowest BCUT2D eigenvalue weighted by Gasteiger charge is -2.21. The normalized spacial score (nSPS) is 12.2. The van der Waals surface area contributed by atoms with Crippen molar-refractivity contribution in [1.29, 1.82) is 0 Å². The van der Waals surface area contributed by atoms with Crippen molar-refractivity contribution in [2.45, 2.75) is 52.4 Å². The number of hydrogen-bond acceptors (Lipinski definition) is 3. The van der Waals surface area contributed by atoms with E-state index in [0.29, 0.717) is 29.9 Å². The first-order valence-electron chi connectivity index (χ1n) is 7.96. The van der Waals surface area contributed by atoms with E-state index in [4.69, 9.17) is 26.8 Å². The molecular weight excluding hydrogens is 286 g/mol. The molecular formula is C17H28ClNO2. The SMILES string of the molecule is CCCC(CCCN)c1cc(Cl)c(OCC)cc1OCC. The van der Waals surface area contributed by atoms with E-state index in [-0.39, 0.29) is 0 Å². The smallest absolute Gasteiger partial charge is 0.141 e. The Morgan fingerprint density at radius 3 is 2.29 bits per heavy atom. The van der Waals surface area contributed by atoms with Crippen molar-refractivity contribution >= 4 is 11.6 Å². The summed E-state index contributed by atoms with van der Waals surface area (Å²) in [5, 5.41) is 0.657. The third-order valence-corrected chi connectivity index (χ3v) is 3.79. The standard InChI is InChI=1S/C17H28ClNO2/c1-4-8-13(9-7-10-19)14-11-15(18)17(21-6-3)12-16(14)20-5-2/h11-13H,4-10,19H2,1-3H3. The molecule has 1 rings (SSSR count). The van der Waals surface area contributed by atoms with E-state index in [1.54, 1.807) is 0 Å². The van der Waals surface area contributed by atoms with E-state index in [9.17, 15) is 0 Å². The third-order valence-electron chi connectivity index (χ3n) is 3.50. The summed E-state index contributed by atoms with van der Waals surface area (Å²) in [5.41, 5.74) is 6.85. The molecule has 0 radical (unpaired) electrons. The van der Waals surface area contributed by atoms with Gasteiger partial charge in [0.05, 0.1) is 18.2 Å². The molecule has 0 heterocycles. The molecule has 0 amide bonds. The van der Waals surface area contributed by atoms with Gasteiger partial charge in [0.2, 0.25) is 0 Å². The van der Waals surface area contributed by atoms with E-state index >= 15 is 0 Å². The lowest BCUT2D eigenvalue weighted by Crippen LogP contribution is -2.07. The molecule has 0 bridgehead atoms. The molecule has 0 aliphatic carbocycles. The summed E-state index contributed by atoms with van der Waals surface area (Å²) in [6.45, 7) is 8.09. The van der Waals surface area contributed by atoms with Crippen LogP contribution in [0.15, 0.2) is 12.1 Å². The Morgan fingerprint density at radius 2 is 1.71 bits per heavy atom. The van der Waals surface area contributed by atoms with Crippen LogP contribution in [-0.2, 0) is 0 Å². The van der Waals surface area contributed by atoms with Gasteiger partial charge in [0.25, 0.3) is 0 Å². The van der Waals surface area contributed by atoms with Crippen molar-refractivity contribution in [2.75, 3.05) is 19.8 Å². The summed E-state index contributed by atoms with van der Waals surface area (Å²) in [4.78, 5) is 0. The molecule has 0 saturated heterocycles. The quantitative estimate of drug-likeness (QED) is 0.677. The molecule has 3 nitrogen and oxygen atoms in total. The lowest BCUT2D eigenvalue weighted by molar-refractivity contribution is 0.318. The summed E-state index contributed by atoms with van der Waals surface area (Å²) < 4.78 is 11.4. The molecule has 0 aliphatic rings. The van der Waals surface area contributed by atoms with Crippen LogP contribution in [0.1, 0.15) is 57.9 Å². The van der Waals surface area contributed by atoms with Gasteiger partial charge >= 0.3 is 0 Å². The van der Waals surface area contributed by atoms with Crippen LogP contribution in [0, 0.1) is 0 Å². The van der Waals surface area contributed by atoms with Crippen LogP contribution in [-0.4, -0.2) is 19.8 Å². The van der Waals surface area contributed by atoms with E-state index in [1.165, 1.54) is 5.56 Å². The molecule has 21 heavy (non-hydrogen) atoms. The monoisotopic (exact) mass is 313 g/mol. The second kappa shape index (κ2) is 9.91. The highest BCUT2D eigenvalue weighted by Crippen LogP contribution is 2.39. The summed E-state index contributed by atoms with van der Waals surface area (Å²) >= 11 is 6.35. The molecule has 0 aliphatic heterocycles. The molecule has 1 atom stereocenters. The van der Waals surface area contributed by atoms with Crippen LogP contribution in [0.3, 0.4) is 0 Å². The van der Waals surface area contributed by atoms with E-state index in [1.807, 2.05) is 26.0 Å². The fraction of sp³-hybridized carbons (Fsp3) is 0.647. The highest BCUT2D eigenvalue weighted by atomic mass is 35.5. The number of benzene rings is 1. The van der Waals surface area contributed by atoms with Crippen molar-refractivity contribution < 1.29 is 9.47 Å². The molecule has 4 heteroatoms. The average Bonchev–Trinajstić information content (AvgIpc) is 2.47. The Bertz CT molecular complexity index is 423. The van der Waals surface area contributed by atoms with Gasteiger partial charge < -0.3 is 15.2 Å². The minimum atomic E-state index is 0.438. The first-order chi connectivity index (χ1) is 10.2. The van der Waals surface area contributed by atoms with Crippen LogP contribution < -0.4 is 15.2 Å². The topological polar surface area (TPSA) is 44.5 Å². The molecule has 0 aromatic heterocycles. The van der Waals surface area contributed by atoms with Gasteiger partial charge in [0, 0.05) is 6.07 Å². The van der Waals surface area contributed by atoms with Gasteiger partial charge in [0.15, 0.2) is 0 Å². The zero-order valence-electron chi connectivity index (χ0n) is 13.5. The first-order valence-corrected chi connectivity index (χ1v) is 8.34. The summed E-state index contributed by atoms with van der Waals surface area (Å²) in [6.07, 6.45) is 4.33. The second-order valence-corrected chi connectivity index (χ2v) is 5.51. The molecule has 1 unspecified atom stereocenters. The highest BCUT2D eigenvalue weighted by Gasteiger charge is 2.18. The lowest BCUT2D eigenvalue weighted by atomic mass is 9.89. The molecule has 1 aromatic rings. The number of rotatable bonds is 10. The van der Waals surface area contributed by atoms with Crippen molar-refractivity contribution in [1.82, 2.24) is 0 Å². The highest BCUT2D eigenvalue weighted by molar-refractivity contribution is 6.32. The first kappa shape index (κ1) is 18.1.